The lowest BCUT2D eigenvalue weighted by Gasteiger charge is -2.22. The molecule has 1 unspecified atom stereocenters. The number of carbonyl (C=O) groups is 1. The van der Waals surface area contributed by atoms with Crippen molar-refractivity contribution in [3.05, 3.63) is 35.9 Å². The molecule has 1 aromatic carbocycles. The lowest BCUT2D eigenvalue weighted by atomic mass is 10.1. The number of ketones is 1. The lowest BCUT2D eigenvalue weighted by Crippen LogP contribution is -2.34. The van der Waals surface area contributed by atoms with E-state index in [9.17, 15) is 4.79 Å². The number of nitrogens with zero attached hydrogens (tertiary/aromatic N) is 1. The van der Waals surface area contributed by atoms with Gasteiger partial charge in [0.1, 0.15) is 0 Å². The molecule has 0 saturated carbocycles. The minimum Gasteiger partial charge on any atom is -0.298 e. The molecule has 0 radical (unpaired) electrons. The number of rotatable bonds is 8. The Hall–Kier alpha value is -1.15. The second kappa shape index (κ2) is 8.04. The van der Waals surface area contributed by atoms with Crippen LogP contribution in [0.2, 0.25) is 0 Å². The van der Waals surface area contributed by atoms with Gasteiger partial charge in [0.2, 0.25) is 0 Å². The van der Waals surface area contributed by atoms with E-state index in [1.165, 1.54) is 6.42 Å². The number of carbonyl (C=O) groups excluding carboxylic acids is 1. The van der Waals surface area contributed by atoms with Gasteiger partial charge >= 0.3 is 0 Å². The number of benzene rings is 1. The van der Waals surface area contributed by atoms with E-state index in [2.05, 4.69) is 25.7 Å². The molecule has 18 heavy (non-hydrogen) atoms. The third kappa shape index (κ3) is 5.46. The lowest BCUT2D eigenvalue weighted by molar-refractivity contribution is -0.119. The smallest absolute Gasteiger partial charge is 0.151 e. The molecule has 1 rings (SSSR count). The van der Waals surface area contributed by atoms with Gasteiger partial charge in [0.15, 0.2) is 5.78 Å². The molecule has 0 heterocycles. The molecule has 0 spiro atoms. The van der Waals surface area contributed by atoms with Crippen LogP contribution in [0.1, 0.15) is 32.8 Å². The highest BCUT2D eigenvalue weighted by molar-refractivity contribution is 5.82. The van der Waals surface area contributed by atoms with E-state index in [4.69, 9.17) is 0 Å². The van der Waals surface area contributed by atoms with E-state index in [0.717, 1.165) is 18.7 Å². The average Bonchev–Trinajstić information content (AvgIpc) is 2.38. The van der Waals surface area contributed by atoms with Crippen LogP contribution in [0, 0.1) is 5.92 Å². The fourth-order valence-electron chi connectivity index (χ4n) is 2.00. The van der Waals surface area contributed by atoms with E-state index in [-0.39, 0.29) is 0 Å². The Morgan fingerprint density at radius 3 is 2.44 bits per heavy atom. The Balaban J connectivity index is 2.42. The van der Waals surface area contributed by atoms with Crippen molar-refractivity contribution in [3.63, 3.8) is 0 Å². The molecule has 0 aromatic heterocycles. The molecule has 0 aliphatic heterocycles. The molecule has 1 aromatic rings. The maximum absolute atomic E-state index is 12.0. The van der Waals surface area contributed by atoms with Crippen molar-refractivity contribution >= 4 is 5.78 Å². The fraction of sp³-hybridized carbons (Fsp3) is 0.562. The van der Waals surface area contributed by atoms with Crippen molar-refractivity contribution in [1.82, 2.24) is 4.90 Å². The molecule has 0 fully saturated rings. The van der Waals surface area contributed by atoms with E-state index in [0.29, 0.717) is 24.7 Å². The van der Waals surface area contributed by atoms with E-state index >= 15 is 0 Å². The SMILES string of the molecule is CCC(C)CN(CC)CC(=O)Cc1ccccc1. The quantitative estimate of drug-likeness (QED) is 0.703. The summed E-state index contributed by atoms with van der Waals surface area (Å²) < 4.78 is 0. The van der Waals surface area contributed by atoms with Crippen LogP contribution in [-0.4, -0.2) is 30.3 Å². The van der Waals surface area contributed by atoms with Crippen LogP contribution < -0.4 is 0 Å². The number of hydrogen-bond acceptors (Lipinski definition) is 2. The number of Topliss-reactive ketones (excluding diaryl/α,β-unsaturated/α-hetero) is 1. The minimum atomic E-state index is 0.311. The molecule has 0 aliphatic rings. The molecule has 1 atom stereocenters. The molecular formula is C16H25NO. The topological polar surface area (TPSA) is 20.3 Å². The predicted octanol–water partition coefficient (Wildman–Crippen LogP) is 3.17. The third-order valence-corrected chi connectivity index (χ3v) is 3.36. The minimum absolute atomic E-state index is 0.311. The summed E-state index contributed by atoms with van der Waals surface area (Å²) in [5.74, 6) is 0.973. The Kier molecular flexibility index (Phi) is 6.66. The van der Waals surface area contributed by atoms with Gasteiger partial charge in [0, 0.05) is 13.0 Å². The van der Waals surface area contributed by atoms with Crippen molar-refractivity contribution in [2.24, 2.45) is 5.92 Å². The van der Waals surface area contributed by atoms with E-state index in [1.54, 1.807) is 0 Å². The molecule has 0 N–H and O–H groups in total. The van der Waals surface area contributed by atoms with Gasteiger partial charge in [-0.1, -0.05) is 57.5 Å². The maximum Gasteiger partial charge on any atom is 0.151 e. The van der Waals surface area contributed by atoms with Gasteiger partial charge in [-0.05, 0) is 18.0 Å². The zero-order valence-electron chi connectivity index (χ0n) is 11.9. The zero-order chi connectivity index (χ0) is 13.4. The molecule has 0 amide bonds. The Bertz CT molecular complexity index is 347. The predicted molar refractivity (Wildman–Crippen MR) is 76.7 cm³/mol. The molecule has 2 nitrogen and oxygen atoms in total. The maximum atomic E-state index is 12.0. The first-order valence-corrected chi connectivity index (χ1v) is 6.93. The van der Waals surface area contributed by atoms with Crippen LogP contribution in [0.5, 0.6) is 0 Å². The zero-order valence-corrected chi connectivity index (χ0v) is 11.9. The van der Waals surface area contributed by atoms with Crippen molar-refractivity contribution in [1.29, 1.82) is 0 Å². The highest BCUT2D eigenvalue weighted by Gasteiger charge is 2.12. The first-order chi connectivity index (χ1) is 8.65. The van der Waals surface area contributed by atoms with Crippen LogP contribution in [0.15, 0.2) is 30.3 Å². The van der Waals surface area contributed by atoms with Crippen molar-refractivity contribution in [2.45, 2.75) is 33.6 Å². The molecule has 0 saturated heterocycles. The normalized spacial score (nSPS) is 12.7. The number of likely N-dealkylation sites (N-methyl/N-ethyl adjacent to an activating group) is 1. The van der Waals surface area contributed by atoms with Gasteiger partial charge in [-0.3, -0.25) is 9.69 Å². The molecule has 0 aliphatic carbocycles. The van der Waals surface area contributed by atoms with Crippen LogP contribution in [0.4, 0.5) is 0 Å². The third-order valence-electron chi connectivity index (χ3n) is 3.36. The highest BCUT2D eigenvalue weighted by Crippen LogP contribution is 2.06. The largest absolute Gasteiger partial charge is 0.298 e. The Morgan fingerprint density at radius 1 is 1.22 bits per heavy atom. The van der Waals surface area contributed by atoms with E-state index < -0.39 is 0 Å². The van der Waals surface area contributed by atoms with Crippen LogP contribution >= 0.6 is 0 Å². The monoisotopic (exact) mass is 247 g/mol. The van der Waals surface area contributed by atoms with Crippen molar-refractivity contribution in [2.75, 3.05) is 19.6 Å². The summed E-state index contributed by atoms with van der Waals surface area (Å²) in [6.07, 6.45) is 1.72. The van der Waals surface area contributed by atoms with Gasteiger partial charge in [-0.15, -0.1) is 0 Å². The molecule has 0 bridgehead atoms. The van der Waals surface area contributed by atoms with Crippen molar-refractivity contribution < 1.29 is 4.79 Å². The second-order valence-corrected chi connectivity index (χ2v) is 5.04. The van der Waals surface area contributed by atoms with Crippen LogP contribution in [0.25, 0.3) is 0 Å². The second-order valence-electron chi connectivity index (χ2n) is 5.04. The first-order valence-electron chi connectivity index (χ1n) is 6.93. The Morgan fingerprint density at radius 2 is 1.89 bits per heavy atom. The summed E-state index contributed by atoms with van der Waals surface area (Å²) >= 11 is 0. The average molecular weight is 247 g/mol. The fourth-order valence-corrected chi connectivity index (χ4v) is 2.00. The van der Waals surface area contributed by atoms with Crippen molar-refractivity contribution in [3.8, 4) is 0 Å². The standard InChI is InChI=1S/C16H25NO/c1-4-14(3)12-17(5-2)13-16(18)11-15-9-7-6-8-10-15/h6-10,14H,4-5,11-13H2,1-3H3. The number of hydrogen-bond donors (Lipinski definition) is 0. The summed E-state index contributed by atoms with van der Waals surface area (Å²) in [4.78, 5) is 14.3. The summed E-state index contributed by atoms with van der Waals surface area (Å²) in [6, 6.07) is 9.99. The summed E-state index contributed by atoms with van der Waals surface area (Å²) in [7, 11) is 0. The van der Waals surface area contributed by atoms with Gasteiger partial charge in [-0.2, -0.15) is 0 Å². The summed E-state index contributed by atoms with van der Waals surface area (Å²) in [5, 5.41) is 0. The van der Waals surface area contributed by atoms with E-state index in [1.807, 2.05) is 30.3 Å². The van der Waals surface area contributed by atoms with Gasteiger partial charge < -0.3 is 0 Å². The molecule has 100 valence electrons. The highest BCUT2D eigenvalue weighted by atomic mass is 16.1. The summed E-state index contributed by atoms with van der Waals surface area (Å²) in [6.45, 7) is 9.11. The summed E-state index contributed by atoms with van der Waals surface area (Å²) in [5.41, 5.74) is 1.11. The van der Waals surface area contributed by atoms with Gasteiger partial charge in [0.05, 0.1) is 6.54 Å². The molecule has 2 heteroatoms. The van der Waals surface area contributed by atoms with Gasteiger partial charge in [-0.25, -0.2) is 0 Å². The Labute approximate surface area is 111 Å². The van der Waals surface area contributed by atoms with Crippen LogP contribution in [0.3, 0.4) is 0 Å². The van der Waals surface area contributed by atoms with Gasteiger partial charge in [0.25, 0.3) is 0 Å². The first kappa shape index (κ1) is 14.9. The van der Waals surface area contributed by atoms with Crippen LogP contribution in [-0.2, 0) is 11.2 Å². The molecular weight excluding hydrogens is 222 g/mol.